The number of rotatable bonds is 5. The third-order valence-electron chi connectivity index (χ3n) is 3.86. The maximum atomic E-state index is 12.1. The molecule has 1 fully saturated rings. The van der Waals surface area contributed by atoms with Gasteiger partial charge in [0.25, 0.3) is 0 Å². The van der Waals surface area contributed by atoms with E-state index >= 15 is 0 Å². The van der Waals surface area contributed by atoms with Gasteiger partial charge in [0.2, 0.25) is 11.1 Å². The number of benzene rings is 1. The smallest absolute Gasteiger partial charge is 0.233 e. The number of hydrogen-bond acceptors (Lipinski definition) is 5. The van der Waals surface area contributed by atoms with E-state index in [9.17, 15) is 4.79 Å². The summed E-state index contributed by atoms with van der Waals surface area (Å²) in [6.45, 7) is 1.76. The summed E-state index contributed by atoms with van der Waals surface area (Å²) in [6.07, 6.45) is 3.44. The molecule has 1 N–H and O–H groups in total. The predicted octanol–water partition coefficient (Wildman–Crippen LogP) is 2.58. The third kappa shape index (κ3) is 4.04. The van der Waals surface area contributed by atoms with Crippen molar-refractivity contribution in [2.45, 2.75) is 24.4 Å². The van der Waals surface area contributed by atoms with Crippen LogP contribution >= 0.6 is 11.8 Å². The summed E-state index contributed by atoms with van der Waals surface area (Å²) in [5.74, 6) is 2.06. The molecule has 0 radical (unpaired) electrons. The Morgan fingerprint density at radius 1 is 1.26 bits per heavy atom. The van der Waals surface area contributed by atoms with Gasteiger partial charge in [-0.05, 0) is 43.5 Å². The number of methoxy groups -OCH3 is 1. The lowest BCUT2D eigenvalue weighted by Gasteiger charge is -2.26. The molecular weight excluding hydrogens is 312 g/mol. The molecule has 0 bridgehead atoms. The fraction of sp³-hybridized carbons (Fsp3) is 0.438. The number of nitrogens with one attached hydrogen (secondary N) is 1. The number of piperidine rings is 1. The highest BCUT2D eigenvalue weighted by Crippen LogP contribution is 2.22. The fourth-order valence-corrected chi connectivity index (χ4v) is 3.25. The number of aromatic amines is 1. The third-order valence-corrected chi connectivity index (χ3v) is 4.69. The first-order valence-electron chi connectivity index (χ1n) is 7.73. The van der Waals surface area contributed by atoms with Crippen molar-refractivity contribution in [1.82, 2.24) is 20.1 Å². The molecule has 0 spiro atoms. The molecule has 0 unspecified atom stereocenters. The normalized spacial score (nSPS) is 14.7. The number of H-pyrrole nitrogens is 1. The molecule has 0 aliphatic carbocycles. The van der Waals surface area contributed by atoms with Crippen LogP contribution in [0.2, 0.25) is 0 Å². The number of carbonyl (C=O) groups is 1. The standard InChI is InChI=1S/C16H20N4O2S/c1-22-13-7-5-12(6-8-13)15-17-16(19-18-15)23-11-14(21)20-9-3-2-4-10-20/h5-8H,2-4,9-11H2,1H3,(H,17,18,19). The van der Waals surface area contributed by atoms with E-state index in [0.29, 0.717) is 16.7 Å². The summed E-state index contributed by atoms with van der Waals surface area (Å²) in [5.41, 5.74) is 0.938. The number of ether oxygens (including phenoxy) is 1. The van der Waals surface area contributed by atoms with Crippen LogP contribution in [0.25, 0.3) is 11.4 Å². The summed E-state index contributed by atoms with van der Waals surface area (Å²) < 4.78 is 5.14. The highest BCUT2D eigenvalue weighted by Gasteiger charge is 2.17. The maximum Gasteiger partial charge on any atom is 0.233 e. The highest BCUT2D eigenvalue weighted by molar-refractivity contribution is 7.99. The number of hydrogen-bond donors (Lipinski definition) is 1. The molecule has 1 amide bonds. The zero-order chi connectivity index (χ0) is 16.1. The number of carbonyl (C=O) groups excluding carboxylic acids is 1. The second-order valence-electron chi connectivity index (χ2n) is 5.43. The molecule has 6 nitrogen and oxygen atoms in total. The van der Waals surface area contributed by atoms with E-state index in [1.165, 1.54) is 18.2 Å². The summed E-state index contributed by atoms with van der Waals surface area (Å²) in [5, 5.41) is 7.69. The van der Waals surface area contributed by atoms with Crippen LogP contribution in [0.3, 0.4) is 0 Å². The van der Waals surface area contributed by atoms with Gasteiger partial charge in [0.05, 0.1) is 12.9 Å². The molecule has 2 aromatic rings. The first-order valence-corrected chi connectivity index (χ1v) is 8.72. The molecule has 1 aromatic carbocycles. The van der Waals surface area contributed by atoms with Gasteiger partial charge >= 0.3 is 0 Å². The Hall–Kier alpha value is -2.02. The molecular formula is C16H20N4O2S. The van der Waals surface area contributed by atoms with E-state index in [1.54, 1.807) is 7.11 Å². The van der Waals surface area contributed by atoms with Gasteiger partial charge in [0.15, 0.2) is 5.82 Å². The molecule has 2 heterocycles. The molecule has 3 rings (SSSR count). The number of nitrogens with zero attached hydrogens (tertiary/aromatic N) is 3. The first-order chi connectivity index (χ1) is 11.3. The Balaban J connectivity index is 1.57. The van der Waals surface area contributed by atoms with Gasteiger partial charge in [-0.3, -0.25) is 9.89 Å². The number of thioether (sulfide) groups is 1. The quantitative estimate of drug-likeness (QED) is 0.852. The maximum absolute atomic E-state index is 12.1. The number of likely N-dealkylation sites (tertiary alicyclic amines) is 1. The summed E-state index contributed by atoms with van der Waals surface area (Å²) in [4.78, 5) is 18.5. The fourth-order valence-electron chi connectivity index (χ4n) is 2.55. The Bertz CT molecular complexity index is 650. The first kappa shape index (κ1) is 15.9. The molecule has 7 heteroatoms. The lowest BCUT2D eigenvalue weighted by molar-refractivity contribution is -0.129. The van der Waals surface area contributed by atoms with E-state index in [-0.39, 0.29) is 5.91 Å². The predicted molar refractivity (Wildman–Crippen MR) is 89.5 cm³/mol. The monoisotopic (exact) mass is 332 g/mol. The van der Waals surface area contributed by atoms with Crippen LogP contribution in [0.15, 0.2) is 29.4 Å². The van der Waals surface area contributed by atoms with Gasteiger partial charge in [0, 0.05) is 18.7 Å². The topological polar surface area (TPSA) is 71.1 Å². The zero-order valence-electron chi connectivity index (χ0n) is 13.1. The van der Waals surface area contributed by atoms with E-state index in [2.05, 4.69) is 15.2 Å². The van der Waals surface area contributed by atoms with E-state index in [4.69, 9.17) is 4.74 Å². The van der Waals surface area contributed by atoms with Crippen molar-refractivity contribution in [3.8, 4) is 17.1 Å². The highest BCUT2D eigenvalue weighted by atomic mass is 32.2. The van der Waals surface area contributed by atoms with Crippen molar-refractivity contribution >= 4 is 17.7 Å². The molecule has 122 valence electrons. The average Bonchev–Trinajstić information content (AvgIpc) is 3.09. The van der Waals surface area contributed by atoms with Crippen molar-refractivity contribution in [2.24, 2.45) is 0 Å². The average molecular weight is 332 g/mol. The Morgan fingerprint density at radius 3 is 2.70 bits per heavy atom. The van der Waals surface area contributed by atoms with Crippen molar-refractivity contribution in [2.75, 3.05) is 26.0 Å². The summed E-state index contributed by atoms with van der Waals surface area (Å²) in [7, 11) is 1.64. The zero-order valence-corrected chi connectivity index (χ0v) is 13.9. The van der Waals surface area contributed by atoms with E-state index in [1.807, 2.05) is 29.2 Å². The van der Waals surface area contributed by atoms with Crippen LogP contribution in [-0.4, -0.2) is 51.9 Å². The lowest BCUT2D eigenvalue weighted by atomic mass is 10.1. The van der Waals surface area contributed by atoms with Crippen LogP contribution in [-0.2, 0) is 4.79 Å². The largest absolute Gasteiger partial charge is 0.497 e. The minimum absolute atomic E-state index is 0.172. The van der Waals surface area contributed by atoms with Crippen molar-refractivity contribution in [3.05, 3.63) is 24.3 Å². The van der Waals surface area contributed by atoms with E-state index < -0.39 is 0 Å². The molecule has 1 aromatic heterocycles. The summed E-state index contributed by atoms with van der Waals surface area (Å²) >= 11 is 1.38. The van der Waals surface area contributed by atoms with Crippen LogP contribution in [0.1, 0.15) is 19.3 Å². The Morgan fingerprint density at radius 2 is 2.00 bits per heavy atom. The SMILES string of the molecule is COc1ccc(-c2nc(SCC(=O)N3CCCCC3)n[nH]2)cc1. The van der Waals surface area contributed by atoms with Crippen LogP contribution < -0.4 is 4.74 Å². The lowest BCUT2D eigenvalue weighted by Crippen LogP contribution is -2.36. The van der Waals surface area contributed by atoms with Gasteiger partial charge in [-0.2, -0.15) is 0 Å². The molecule has 1 saturated heterocycles. The minimum atomic E-state index is 0.172. The van der Waals surface area contributed by atoms with Crippen LogP contribution in [0.4, 0.5) is 0 Å². The second kappa shape index (κ2) is 7.50. The van der Waals surface area contributed by atoms with E-state index in [0.717, 1.165) is 37.2 Å². The van der Waals surface area contributed by atoms with Crippen molar-refractivity contribution in [1.29, 1.82) is 0 Å². The second-order valence-corrected chi connectivity index (χ2v) is 6.37. The van der Waals surface area contributed by atoms with Gasteiger partial charge in [-0.15, -0.1) is 5.10 Å². The van der Waals surface area contributed by atoms with Crippen LogP contribution in [0, 0.1) is 0 Å². The Labute approximate surface area is 139 Å². The molecule has 1 aliphatic heterocycles. The van der Waals surface area contributed by atoms with Gasteiger partial charge in [0.1, 0.15) is 5.75 Å². The Kier molecular flexibility index (Phi) is 5.17. The van der Waals surface area contributed by atoms with Crippen molar-refractivity contribution < 1.29 is 9.53 Å². The van der Waals surface area contributed by atoms with Crippen molar-refractivity contribution in [3.63, 3.8) is 0 Å². The molecule has 0 saturated carbocycles. The number of amides is 1. The molecule has 1 aliphatic rings. The van der Waals surface area contributed by atoms with Crippen LogP contribution in [0.5, 0.6) is 5.75 Å². The molecule has 23 heavy (non-hydrogen) atoms. The number of aromatic nitrogens is 3. The van der Waals surface area contributed by atoms with Gasteiger partial charge in [-0.1, -0.05) is 11.8 Å². The van der Waals surface area contributed by atoms with Gasteiger partial charge in [-0.25, -0.2) is 4.98 Å². The molecule has 0 atom stereocenters. The minimum Gasteiger partial charge on any atom is -0.497 e. The summed E-state index contributed by atoms with van der Waals surface area (Å²) in [6, 6.07) is 7.61. The van der Waals surface area contributed by atoms with Gasteiger partial charge < -0.3 is 9.64 Å².